The number of halogens is 1. The van der Waals surface area contributed by atoms with E-state index >= 15 is 0 Å². The van der Waals surface area contributed by atoms with Crippen LogP contribution in [0.4, 0.5) is 0 Å². The van der Waals surface area contributed by atoms with Gasteiger partial charge in [-0.15, -0.1) is 0 Å². The van der Waals surface area contributed by atoms with Gasteiger partial charge in [-0.25, -0.2) is 0 Å². The lowest BCUT2D eigenvalue weighted by Gasteiger charge is -2.32. The largest absolute Gasteiger partial charge is 0.476 e. The second-order valence-electron chi connectivity index (χ2n) is 7.41. The summed E-state index contributed by atoms with van der Waals surface area (Å²) in [6.07, 6.45) is 5.03. The highest BCUT2D eigenvalue weighted by molar-refractivity contribution is 9.09. The summed E-state index contributed by atoms with van der Waals surface area (Å²) in [5.74, 6) is 1.14. The van der Waals surface area contributed by atoms with Crippen molar-refractivity contribution in [2.24, 2.45) is 5.92 Å². The second-order valence-corrected chi connectivity index (χ2v) is 8.71. The van der Waals surface area contributed by atoms with Crippen LogP contribution in [0.1, 0.15) is 53.4 Å². The molecule has 1 aliphatic carbocycles. The first-order chi connectivity index (χ1) is 8.78. The number of hydrogen-bond acceptors (Lipinski definition) is 3. The van der Waals surface area contributed by atoms with E-state index in [0.29, 0.717) is 16.8 Å². The van der Waals surface area contributed by atoms with Gasteiger partial charge < -0.3 is 14.6 Å². The Balaban J connectivity index is 1.66. The molecule has 0 spiro atoms. The second kappa shape index (κ2) is 4.72. The molecule has 5 heteroatoms. The van der Waals surface area contributed by atoms with Crippen LogP contribution in [0.5, 0.6) is 0 Å². The number of alkyl halides is 1. The summed E-state index contributed by atoms with van der Waals surface area (Å²) in [7, 11) is -0.0932. The predicted octanol–water partition coefficient (Wildman–Crippen LogP) is 2.91. The Morgan fingerprint density at radius 3 is 2.32 bits per heavy atom. The smallest absolute Gasteiger partial charge is 0.402 e. The number of hydrogen-bond donors (Lipinski definition) is 1. The first-order valence-corrected chi connectivity index (χ1v) is 8.46. The summed E-state index contributed by atoms with van der Waals surface area (Å²) in [6, 6.07) is 0.665. The molecule has 0 aromatic rings. The maximum atomic E-state index is 6.18. The van der Waals surface area contributed by atoms with Gasteiger partial charge in [-0.2, -0.15) is 0 Å². The van der Waals surface area contributed by atoms with E-state index in [1.165, 1.54) is 25.7 Å². The van der Waals surface area contributed by atoms with Crippen LogP contribution in [0.3, 0.4) is 0 Å². The zero-order valence-electron chi connectivity index (χ0n) is 12.4. The molecule has 0 aromatic carbocycles. The maximum absolute atomic E-state index is 6.18. The van der Waals surface area contributed by atoms with Crippen molar-refractivity contribution in [2.75, 3.05) is 0 Å². The molecule has 0 aromatic heterocycles. The highest BCUT2D eigenvalue weighted by Gasteiger charge is 2.56. The molecule has 3 aliphatic rings. The molecule has 1 saturated carbocycles. The van der Waals surface area contributed by atoms with Gasteiger partial charge in [0.15, 0.2) is 0 Å². The molecule has 108 valence electrons. The third-order valence-electron chi connectivity index (χ3n) is 5.50. The van der Waals surface area contributed by atoms with Crippen molar-refractivity contribution < 1.29 is 9.31 Å². The van der Waals surface area contributed by atoms with Crippen molar-refractivity contribution in [3.05, 3.63) is 0 Å². The van der Waals surface area contributed by atoms with Crippen molar-refractivity contribution in [1.29, 1.82) is 0 Å². The van der Waals surface area contributed by atoms with E-state index in [2.05, 4.69) is 48.9 Å². The van der Waals surface area contributed by atoms with Crippen molar-refractivity contribution >= 4 is 23.0 Å². The average molecular weight is 330 g/mol. The molecule has 19 heavy (non-hydrogen) atoms. The number of rotatable bonds is 1. The maximum Gasteiger partial charge on any atom is 0.476 e. The van der Waals surface area contributed by atoms with Crippen molar-refractivity contribution in [3.8, 4) is 0 Å². The molecule has 0 bridgehead atoms. The Kier molecular flexibility index (Phi) is 3.57. The van der Waals surface area contributed by atoms with Crippen molar-refractivity contribution in [3.63, 3.8) is 0 Å². The summed E-state index contributed by atoms with van der Waals surface area (Å²) >= 11 is 3.77. The van der Waals surface area contributed by atoms with Crippen LogP contribution in [-0.2, 0) is 9.31 Å². The van der Waals surface area contributed by atoms with Crippen LogP contribution < -0.4 is 5.32 Å². The lowest BCUT2D eigenvalue weighted by molar-refractivity contribution is 0.00578. The Hall–Kier alpha value is 0.425. The van der Waals surface area contributed by atoms with E-state index in [-0.39, 0.29) is 18.3 Å². The molecule has 1 N–H and O–H groups in total. The fraction of sp³-hybridized carbons (Fsp3) is 1.00. The van der Waals surface area contributed by atoms with Crippen molar-refractivity contribution in [2.45, 2.75) is 81.4 Å². The lowest BCUT2D eigenvalue weighted by Crippen LogP contribution is -2.44. The number of nitrogens with one attached hydrogen (secondary N) is 1. The topological polar surface area (TPSA) is 30.5 Å². The SMILES string of the molecule is CC1(C)OB(C2CC3CC(Br)CCC3N2)OC1(C)C. The summed E-state index contributed by atoms with van der Waals surface area (Å²) < 4.78 is 12.4. The lowest BCUT2D eigenvalue weighted by atomic mass is 9.75. The van der Waals surface area contributed by atoms with E-state index < -0.39 is 0 Å². The molecule has 2 aliphatic heterocycles. The Morgan fingerprint density at radius 2 is 1.68 bits per heavy atom. The fourth-order valence-corrected chi connectivity index (χ4v) is 4.34. The highest BCUT2D eigenvalue weighted by atomic mass is 79.9. The minimum absolute atomic E-state index is 0.0932. The molecule has 2 saturated heterocycles. The molecular formula is C14H25BBrNO2. The Labute approximate surface area is 125 Å². The van der Waals surface area contributed by atoms with Crippen LogP contribution in [0.25, 0.3) is 0 Å². The Bertz CT molecular complexity index is 347. The third-order valence-corrected chi connectivity index (χ3v) is 6.33. The number of fused-ring (bicyclic) bond motifs is 1. The average Bonchev–Trinajstić information content (AvgIpc) is 2.78. The van der Waals surface area contributed by atoms with E-state index in [0.717, 1.165) is 5.92 Å². The van der Waals surface area contributed by atoms with Crippen LogP contribution in [0.15, 0.2) is 0 Å². The molecule has 3 nitrogen and oxygen atoms in total. The molecule has 0 radical (unpaired) electrons. The Morgan fingerprint density at radius 1 is 1.05 bits per heavy atom. The molecule has 0 amide bonds. The van der Waals surface area contributed by atoms with Gasteiger partial charge in [0.25, 0.3) is 0 Å². The first kappa shape index (κ1) is 14.4. The monoisotopic (exact) mass is 329 g/mol. The van der Waals surface area contributed by atoms with Crippen LogP contribution in [0.2, 0.25) is 0 Å². The minimum Gasteiger partial charge on any atom is -0.402 e. The van der Waals surface area contributed by atoms with Gasteiger partial charge in [-0.05, 0) is 59.3 Å². The summed E-state index contributed by atoms with van der Waals surface area (Å²) in [6.45, 7) is 8.51. The quantitative estimate of drug-likeness (QED) is 0.592. The predicted molar refractivity (Wildman–Crippen MR) is 81.5 cm³/mol. The zero-order valence-corrected chi connectivity index (χ0v) is 14.0. The molecule has 4 unspecified atom stereocenters. The zero-order chi connectivity index (χ0) is 13.8. The van der Waals surface area contributed by atoms with Gasteiger partial charge in [-0.1, -0.05) is 15.9 Å². The van der Waals surface area contributed by atoms with E-state index in [4.69, 9.17) is 9.31 Å². The normalized spacial score (nSPS) is 44.4. The summed E-state index contributed by atoms with van der Waals surface area (Å²) in [4.78, 5) is 0.701. The fourth-order valence-electron chi connectivity index (χ4n) is 3.60. The van der Waals surface area contributed by atoms with Crippen molar-refractivity contribution in [1.82, 2.24) is 5.32 Å². The summed E-state index contributed by atoms with van der Waals surface area (Å²) in [5, 5.41) is 3.76. The molecular weight excluding hydrogens is 305 g/mol. The van der Waals surface area contributed by atoms with E-state index in [1.54, 1.807) is 0 Å². The highest BCUT2D eigenvalue weighted by Crippen LogP contribution is 2.42. The van der Waals surface area contributed by atoms with E-state index in [1.807, 2.05) is 0 Å². The van der Waals surface area contributed by atoms with Crippen LogP contribution in [0, 0.1) is 5.92 Å². The van der Waals surface area contributed by atoms with Gasteiger partial charge in [-0.3, -0.25) is 0 Å². The van der Waals surface area contributed by atoms with Crippen LogP contribution in [-0.4, -0.2) is 35.1 Å². The van der Waals surface area contributed by atoms with Gasteiger partial charge in [0.05, 0.1) is 11.2 Å². The van der Waals surface area contributed by atoms with Crippen LogP contribution >= 0.6 is 15.9 Å². The summed E-state index contributed by atoms with van der Waals surface area (Å²) in [5.41, 5.74) is -0.434. The molecule has 3 fully saturated rings. The van der Waals surface area contributed by atoms with Gasteiger partial charge in [0.1, 0.15) is 0 Å². The molecule has 4 atom stereocenters. The third kappa shape index (κ3) is 2.52. The first-order valence-electron chi connectivity index (χ1n) is 7.54. The van der Waals surface area contributed by atoms with E-state index in [9.17, 15) is 0 Å². The van der Waals surface area contributed by atoms with Gasteiger partial charge in [0.2, 0.25) is 0 Å². The molecule has 3 rings (SSSR count). The minimum atomic E-state index is -0.217. The standard InChI is InChI=1S/C14H25BBrNO2/c1-13(2)14(3,4)19-15(18-13)12-8-9-7-10(16)5-6-11(9)17-12/h9-12,17H,5-8H2,1-4H3. The van der Waals surface area contributed by atoms with Gasteiger partial charge >= 0.3 is 7.12 Å². The molecule has 2 heterocycles. The van der Waals surface area contributed by atoms with Gasteiger partial charge in [0, 0.05) is 16.8 Å².